The zero-order chi connectivity index (χ0) is 11.1. The molecule has 0 radical (unpaired) electrons. The highest BCUT2D eigenvalue weighted by Crippen LogP contribution is 1.95. The van der Waals surface area contributed by atoms with Gasteiger partial charge in [0, 0.05) is 0 Å². The Morgan fingerprint density at radius 2 is 1.29 bits per heavy atom. The molecular weight excluding hydrogens is 184 g/mol. The van der Waals surface area contributed by atoms with Crippen LogP contribution in [0.2, 0.25) is 0 Å². The van der Waals surface area contributed by atoms with Gasteiger partial charge < -0.3 is 9.47 Å². The lowest BCUT2D eigenvalue weighted by Crippen LogP contribution is -2.26. The van der Waals surface area contributed by atoms with E-state index >= 15 is 0 Å². The number of esters is 2. The Balaban J connectivity index is 4.10. The number of carbonyl (C=O) groups excluding carboxylic acids is 2. The van der Waals surface area contributed by atoms with Crippen molar-refractivity contribution < 1.29 is 19.1 Å². The summed E-state index contributed by atoms with van der Waals surface area (Å²) in [5.74, 6) is 1.97. The Kier molecular flexibility index (Phi) is 4.88. The zero-order valence-electron chi connectivity index (χ0n) is 7.94. The summed E-state index contributed by atoms with van der Waals surface area (Å²) >= 11 is 0. The molecule has 0 fully saturated rings. The molecule has 0 saturated carbocycles. The summed E-state index contributed by atoms with van der Waals surface area (Å²) in [5.41, 5.74) is 0. The van der Waals surface area contributed by atoms with E-state index in [0.29, 0.717) is 0 Å². The first-order valence-corrected chi connectivity index (χ1v) is 3.85. The first kappa shape index (κ1) is 12.1. The van der Waals surface area contributed by atoms with Gasteiger partial charge in [-0.1, -0.05) is 11.8 Å². The van der Waals surface area contributed by atoms with Gasteiger partial charge in [-0.15, -0.1) is 12.8 Å². The summed E-state index contributed by atoms with van der Waals surface area (Å²) in [6, 6.07) is 0. The van der Waals surface area contributed by atoms with Crippen LogP contribution in [-0.4, -0.2) is 24.1 Å². The summed E-state index contributed by atoms with van der Waals surface area (Å²) in [4.78, 5) is 21.8. The topological polar surface area (TPSA) is 52.6 Å². The minimum absolute atomic E-state index is 0.767. The predicted octanol–water partition coefficient (Wildman–Crippen LogP) is 0.116. The summed E-state index contributed by atoms with van der Waals surface area (Å²) in [5, 5.41) is 0. The second kappa shape index (κ2) is 5.66. The largest absolute Gasteiger partial charge is 0.441 e. The molecule has 2 atom stereocenters. The minimum Gasteiger partial charge on any atom is -0.441 e. The van der Waals surface area contributed by atoms with Crippen molar-refractivity contribution in [3.8, 4) is 24.7 Å². The van der Waals surface area contributed by atoms with E-state index in [9.17, 15) is 9.59 Å². The smallest absolute Gasteiger partial charge is 0.418 e. The molecule has 0 aromatic carbocycles. The van der Waals surface area contributed by atoms with E-state index in [4.69, 9.17) is 12.8 Å². The van der Waals surface area contributed by atoms with Crippen LogP contribution in [-0.2, 0) is 19.1 Å². The molecule has 0 rings (SSSR count). The van der Waals surface area contributed by atoms with E-state index < -0.39 is 24.1 Å². The lowest BCUT2D eigenvalue weighted by atomic mass is 10.4. The minimum atomic E-state index is -1.14. The average molecular weight is 194 g/mol. The number of terminal acetylenes is 2. The van der Waals surface area contributed by atoms with Gasteiger partial charge in [0.2, 0.25) is 0 Å². The summed E-state index contributed by atoms with van der Waals surface area (Å²) in [7, 11) is 0. The highest BCUT2D eigenvalue weighted by Gasteiger charge is 2.20. The number of carbonyl (C=O) groups is 2. The van der Waals surface area contributed by atoms with E-state index in [1.54, 1.807) is 0 Å². The van der Waals surface area contributed by atoms with Gasteiger partial charge >= 0.3 is 11.9 Å². The van der Waals surface area contributed by atoms with Crippen molar-refractivity contribution in [2.24, 2.45) is 0 Å². The fourth-order valence-corrected chi connectivity index (χ4v) is 0.485. The van der Waals surface area contributed by atoms with Crippen molar-refractivity contribution in [3.63, 3.8) is 0 Å². The highest BCUT2D eigenvalue weighted by atomic mass is 16.6. The molecule has 4 heteroatoms. The van der Waals surface area contributed by atoms with E-state index in [0.717, 1.165) is 0 Å². The molecule has 74 valence electrons. The van der Waals surface area contributed by atoms with Gasteiger partial charge in [0.05, 0.1) is 0 Å². The van der Waals surface area contributed by atoms with Crippen molar-refractivity contribution in [3.05, 3.63) is 0 Å². The summed E-state index contributed by atoms with van der Waals surface area (Å²) in [6.07, 6.45) is 8.34. The molecule has 0 bridgehead atoms. The van der Waals surface area contributed by atoms with E-state index in [-0.39, 0.29) is 0 Å². The molecule has 0 N–H and O–H groups in total. The molecule has 0 aromatic heterocycles. The maximum atomic E-state index is 10.9. The van der Waals surface area contributed by atoms with Crippen molar-refractivity contribution >= 4 is 11.9 Å². The van der Waals surface area contributed by atoms with Crippen LogP contribution < -0.4 is 0 Å². The average Bonchev–Trinajstić information content (AvgIpc) is 2.17. The molecule has 0 spiro atoms. The third kappa shape index (κ3) is 4.18. The normalized spacial score (nSPS) is 12.9. The third-order valence-corrected chi connectivity index (χ3v) is 1.20. The van der Waals surface area contributed by atoms with Gasteiger partial charge in [-0.3, -0.25) is 0 Å². The molecule has 0 amide bonds. The number of hydrogen-bond acceptors (Lipinski definition) is 4. The van der Waals surface area contributed by atoms with Gasteiger partial charge in [0.25, 0.3) is 0 Å². The SMILES string of the molecule is C#CC(C)OC(=O)C(=O)OC(C)C#C. The Labute approximate surface area is 82.6 Å². The Hall–Kier alpha value is -1.94. The molecule has 14 heavy (non-hydrogen) atoms. The lowest BCUT2D eigenvalue weighted by molar-refractivity contribution is -0.170. The maximum absolute atomic E-state index is 10.9. The second-order valence-corrected chi connectivity index (χ2v) is 2.43. The van der Waals surface area contributed by atoms with Gasteiger partial charge in [0.1, 0.15) is 0 Å². The standard InChI is InChI=1S/C10H10O4/c1-5-7(3)13-9(11)10(12)14-8(4)6-2/h1-2,7-8H,3-4H3. The van der Waals surface area contributed by atoms with Gasteiger partial charge in [-0.2, -0.15) is 0 Å². The Morgan fingerprint density at radius 1 is 1.00 bits per heavy atom. The third-order valence-electron chi connectivity index (χ3n) is 1.20. The number of ether oxygens (including phenoxy) is 2. The lowest BCUT2D eigenvalue weighted by Gasteiger charge is -2.08. The molecule has 0 aliphatic carbocycles. The molecule has 0 saturated heterocycles. The quantitative estimate of drug-likeness (QED) is 0.356. The van der Waals surface area contributed by atoms with Crippen LogP contribution in [0.15, 0.2) is 0 Å². The van der Waals surface area contributed by atoms with E-state index in [1.807, 2.05) is 0 Å². The fourth-order valence-electron chi connectivity index (χ4n) is 0.485. The van der Waals surface area contributed by atoms with Crippen LogP contribution in [0.5, 0.6) is 0 Å². The van der Waals surface area contributed by atoms with Crippen molar-refractivity contribution in [2.75, 3.05) is 0 Å². The number of hydrogen-bond donors (Lipinski definition) is 0. The number of rotatable bonds is 2. The highest BCUT2D eigenvalue weighted by molar-refractivity contribution is 6.29. The molecule has 0 aliphatic heterocycles. The van der Waals surface area contributed by atoms with Gasteiger partial charge in [0.15, 0.2) is 12.2 Å². The summed E-state index contributed by atoms with van der Waals surface area (Å²) in [6.45, 7) is 2.91. The van der Waals surface area contributed by atoms with Crippen LogP contribution in [0.4, 0.5) is 0 Å². The van der Waals surface area contributed by atoms with Crippen molar-refractivity contribution in [1.29, 1.82) is 0 Å². The molecule has 0 heterocycles. The first-order chi connectivity index (χ1) is 6.51. The van der Waals surface area contributed by atoms with Crippen LogP contribution in [0.1, 0.15) is 13.8 Å². The van der Waals surface area contributed by atoms with Crippen LogP contribution in [0, 0.1) is 24.7 Å². The Bertz CT molecular complexity index is 273. The van der Waals surface area contributed by atoms with E-state index in [1.165, 1.54) is 13.8 Å². The monoisotopic (exact) mass is 194 g/mol. The zero-order valence-corrected chi connectivity index (χ0v) is 7.94. The Morgan fingerprint density at radius 3 is 1.50 bits per heavy atom. The first-order valence-electron chi connectivity index (χ1n) is 3.85. The fraction of sp³-hybridized carbons (Fsp3) is 0.400. The second-order valence-electron chi connectivity index (χ2n) is 2.43. The van der Waals surface area contributed by atoms with Crippen molar-refractivity contribution in [1.82, 2.24) is 0 Å². The van der Waals surface area contributed by atoms with Crippen LogP contribution in [0.25, 0.3) is 0 Å². The van der Waals surface area contributed by atoms with Crippen LogP contribution >= 0.6 is 0 Å². The molecule has 2 unspecified atom stereocenters. The van der Waals surface area contributed by atoms with E-state index in [2.05, 4.69) is 21.3 Å². The van der Waals surface area contributed by atoms with Gasteiger partial charge in [-0.05, 0) is 13.8 Å². The summed E-state index contributed by atoms with van der Waals surface area (Å²) < 4.78 is 8.98. The van der Waals surface area contributed by atoms with Crippen LogP contribution in [0.3, 0.4) is 0 Å². The molecule has 4 nitrogen and oxygen atoms in total. The molecule has 0 aliphatic rings. The molecular formula is C10H10O4. The maximum Gasteiger partial charge on any atom is 0.418 e. The van der Waals surface area contributed by atoms with Gasteiger partial charge in [-0.25, -0.2) is 9.59 Å². The molecule has 0 aromatic rings. The van der Waals surface area contributed by atoms with Crippen molar-refractivity contribution in [2.45, 2.75) is 26.1 Å². The predicted molar refractivity (Wildman–Crippen MR) is 48.8 cm³/mol.